The molecule has 3 aromatic rings. The Morgan fingerprint density at radius 2 is 2.07 bits per heavy atom. The van der Waals surface area contributed by atoms with Crippen LogP contribution in [-0.2, 0) is 6.54 Å². The van der Waals surface area contributed by atoms with Crippen molar-refractivity contribution in [3.8, 4) is 11.5 Å². The van der Waals surface area contributed by atoms with Gasteiger partial charge in [-0.2, -0.15) is 0 Å². The van der Waals surface area contributed by atoms with E-state index in [-0.39, 0.29) is 18.6 Å². The number of likely N-dealkylation sites (tertiary alicyclic amines) is 1. The van der Waals surface area contributed by atoms with Gasteiger partial charge >= 0.3 is 6.03 Å². The Hall–Kier alpha value is -3.19. The fourth-order valence-electron chi connectivity index (χ4n) is 3.71. The molecule has 1 saturated heterocycles. The van der Waals surface area contributed by atoms with E-state index in [1.165, 1.54) is 0 Å². The number of carbonyl (C=O) groups excluding carboxylic acids is 1. The lowest BCUT2D eigenvalue weighted by molar-refractivity contribution is 0.126. The maximum absolute atomic E-state index is 12.7. The second-order valence-electron chi connectivity index (χ2n) is 7.21. The molecule has 2 aromatic heterocycles. The summed E-state index contributed by atoms with van der Waals surface area (Å²) in [6.07, 6.45) is 3.48. The lowest BCUT2D eigenvalue weighted by Crippen LogP contribution is -2.43. The Balaban J connectivity index is 1.33. The van der Waals surface area contributed by atoms with Gasteiger partial charge < -0.3 is 19.8 Å². The van der Waals surface area contributed by atoms with Crippen LogP contribution >= 0.6 is 0 Å². The van der Waals surface area contributed by atoms with Crippen LogP contribution in [0.15, 0.2) is 65.3 Å². The van der Waals surface area contributed by atoms with Crippen molar-refractivity contribution in [3.63, 3.8) is 0 Å². The molecule has 1 aliphatic rings. The normalized spacial score (nSPS) is 17.3. The number of benzene rings is 1. The van der Waals surface area contributed by atoms with Gasteiger partial charge in [0, 0.05) is 24.8 Å². The van der Waals surface area contributed by atoms with Gasteiger partial charge in [0.05, 0.1) is 12.6 Å². The van der Waals surface area contributed by atoms with Gasteiger partial charge in [-0.1, -0.05) is 41.6 Å². The van der Waals surface area contributed by atoms with Crippen LogP contribution in [0.5, 0.6) is 0 Å². The average Bonchev–Trinajstić information content (AvgIpc) is 3.43. The minimum atomic E-state index is -0.578. The molecule has 7 heteroatoms. The SMILES string of the molecule is O=C(NCc1cc(-c2ccccn2)on1)N1CCCC1CC(O)c1ccccc1. The standard InChI is InChI=1S/C22H24N4O3/c27-20(16-7-2-1-3-8-16)14-18-9-6-12-26(18)22(28)24-15-17-13-21(29-25-17)19-10-4-5-11-23-19/h1-5,7-8,10-11,13,18,20,27H,6,9,12,14-15H2,(H,24,28). The number of aromatic nitrogens is 2. The highest BCUT2D eigenvalue weighted by molar-refractivity contribution is 5.74. The first-order chi connectivity index (χ1) is 14.2. The van der Waals surface area contributed by atoms with Crippen molar-refractivity contribution in [2.24, 2.45) is 0 Å². The van der Waals surface area contributed by atoms with Crippen molar-refractivity contribution in [1.82, 2.24) is 20.4 Å². The summed E-state index contributed by atoms with van der Waals surface area (Å²) in [5.74, 6) is 0.569. The molecule has 1 aromatic carbocycles. The van der Waals surface area contributed by atoms with E-state index in [0.717, 1.165) is 18.4 Å². The average molecular weight is 392 g/mol. The number of carbonyl (C=O) groups is 1. The fourth-order valence-corrected chi connectivity index (χ4v) is 3.71. The number of hydrogen-bond acceptors (Lipinski definition) is 5. The molecule has 0 spiro atoms. The molecule has 150 valence electrons. The number of pyridine rings is 1. The molecule has 0 aliphatic carbocycles. The van der Waals surface area contributed by atoms with Gasteiger partial charge in [-0.15, -0.1) is 0 Å². The number of amides is 2. The largest absolute Gasteiger partial charge is 0.388 e. The third kappa shape index (κ3) is 4.63. The van der Waals surface area contributed by atoms with Crippen LogP contribution in [0.2, 0.25) is 0 Å². The van der Waals surface area contributed by atoms with E-state index in [2.05, 4.69) is 15.5 Å². The van der Waals surface area contributed by atoms with Gasteiger partial charge in [-0.3, -0.25) is 4.98 Å². The van der Waals surface area contributed by atoms with Gasteiger partial charge in [0.25, 0.3) is 0 Å². The predicted molar refractivity (Wildman–Crippen MR) is 108 cm³/mol. The quantitative estimate of drug-likeness (QED) is 0.670. The van der Waals surface area contributed by atoms with Crippen LogP contribution in [0, 0.1) is 0 Å². The summed E-state index contributed by atoms with van der Waals surface area (Å²) in [5, 5.41) is 17.4. The molecule has 0 saturated carbocycles. The minimum absolute atomic E-state index is 0.0200. The first-order valence-corrected chi connectivity index (χ1v) is 9.85. The van der Waals surface area contributed by atoms with Crippen molar-refractivity contribution in [3.05, 3.63) is 72.1 Å². The van der Waals surface area contributed by atoms with E-state index >= 15 is 0 Å². The zero-order chi connectivity index (χ0) is 20.1. The number of rotatable bonds is 6. The lowest BCUT2D eigenvalue weighted by Gasteiger charge is -2.26. The monoisotopic (exact) mass is 392 g/mol. The summed E-state index contributed by atoms with van der Waals surface area (Å²) in [6.45, 7) is 0.968. The van der Waals surface area contributed by atoms with Crippen molar-refractivity contribution in [2.45, 2.75) is 38.0 Å². The Bertz CT molecular complexity index is 930. The Kier molecular flexibility index (Phi) is 5.86. The second-order valence-corrected chi connectivity index (χ2v) is 7.21. The van der Waals surface area contributed by atoms with Gasteiger partial charge in [0.2, 0.25) is 0 Å². The molecule has 2 amide bonds. The number of aliphatic hydroxyl groups excluding tert-OH is 1. The third-order valence-electron chi connectivity index (χ3n) is 5.21. The highest BCUT2D eigenvalue weighted by atomic mass is 16.5. The Labute approximate surface area is 169 Å². The van der Waals surface area contributed by atoms with Crippen LogP contribution in [0.4, 0.5) is 4.79 Å². The van der Waals surface area contributed by atoms with Gasteiger partial charge in [0.15, 0.2) is 5.76 Å². The van der Waals surface area contributed by atoms with Crippen LogP contribution in [-0.4, -0.2) is 38.8 Å². The van der Waals surface area contributed by atoms with Crippen LogP contribution in [0.1, 0.15) is 36.6 Å². The second kappa shape index (κ2) is 8.87. The summed E-state index contributed by atoms with van der Waals surface area (Å²) >= 11 is 0. The molecule has 0 bridgehead atoms. The Morgan fingerprint density at radius 3 is 2.86 bits per heavy atom. The van der Waals surface area contributed by atoms with Crippen molar-refractivity contribution < 1.29 is 14.4 Å². The molecule has 2 unspecified atom stereocenters. The molecule has 2 N–H and O–H groups in total. The fraction of sp³-hybridized carbons (Fsp3) is 0.318. The van der Waals surface area contributed by atoms with Crippen LogP contribution in [0.3, 0.4) is 0 Å². The number of urea groups is 1. The smallest absolute Gasteiger partial charge is 0.317 e. The summed E-state index contributed by atoms with van der Waals surface area (Å²) in [4.78, 5) is 18.7. The molecule has 7 nitrogen and oxygen atoms in total. The summed E-state index contributed by atoms with van der Waals surface area (Å²) in [7, 11) is 0. The molecule has 1 aliphatic heterocycles. The zero-order valence-corrected chi connectivity index (χ0v) is 16.1. The van der Waals surface area contributed by atoms with Crippen LogP contribution < -0.4 is 5.32 Å². The van der Waals surface area contributed by atoms with E-state index in [4.69, 9.17) is 4.52 Å². The predicted octanol–water partition coefficient (Wildman–Crippen LogP) is 3.53. The molecule has 0 radical (unpaired) electrons. The van der Waals surface area contributed by atoms with Crippen molar-refractivity contribution in [1.29, 1.82) is 0 Å². The number of aliphatic hydroxyl groups is 1. The van der Waals surface area contributed by atoms with E-state index in [9.17, 15) is 9.90 Å². The zero-order valence-electron chi connectivity index (χ0n) is 16.1. The summed E-state index contributed by atoms with van der Waals surface area (Å²) < 4.78 is 5.32. The van der Waals surface area contributed by atoms with Gasteiger partial charge in [-0.05, 0) is 37.0 Å². The topological polar surface area (TPSA) is 91.5 Å². The molecule has 3 heterocycles. The van der Waals surface area contributed by atoms with E-state index < -0.39 is 6.10 Å². The van der Waals surface area contributed by atoms with Crippen molar-refractivity contribution in [2.75, 3.05) is 6.54 Å². The summed E-state index contributed by atoms with van der Waals surface area (Å²) in [6, 6.07) is 16.8. The number of nitrogens with one attached hydrogen (secondary N) is 1. The molecule has 4 rings (SSSR count). The molecular weight excluding hydrogens is 368 g/mol. The minimum Gasteiger partial charge on any atom is -0.388 e. The molecular formula is C22H24N4O3. The van der Waals surface area contributed by atoms with E-state index in [1.807, 2.05) is 53.4 Å². The molecule has 2 atom stereocenters. The maximum atomic E-state index is 12.7. The van der Waals surface area contributed by atoms with Gasteiger partial charge in [-0.25, -0.2) is 4.79 Å². The first-order valence-electron chi connectivity index (χ1n) is 9.85. The lowest BCUT2D eigenvalue weighted by atomic mass is 10.0. The van der Waals surface area contributed by atoms with E-state index in [1.54, 1.807) is 12.3 Å². The number of nitrogens with zero attached hydrogens (tertiary/aromatic N) is 3. The molecule has 1 fully saturated rings. The molecule has 29 heavy (non-hydrogen) atoms. The highest BCUT2D eigenvalue weighted by Gasteiger charge is 2.30. The first kappa shape index (κ1) is 19.1. The Morgan fingerprint density at radius 1 is 1.24 bits per heavy atom. The maximum Gasteiger partial charge on any atom is 0.317 e. The van der Waals surface area contributed by atoms with Gasteiger partial charge in [0.1, 0.15) is 11.4 Å². The van der Waals surface area contributed by atoms with Crippen molar-refractivity contribution >= 4 is 6.03 Å². The third-order valence-corrected chi connectivity index (χ3v) is 5.21. The highest BCUT2D eigenvalue weighted by Crippen LogP contribution is 2.27. The van der Waals surface area contributed by atoms with E-state index in [0.29, 0.717) is 30.1 Å². The summed E-state index contributed by atoms with van der Waals surface area (Å²) in [5.41, 5.74) is 2.22. The van der Waals surface area contributed by atoms with Crippen LogP contribution in [0.25, 0.3) is 11.5 Å². The number of hydrogen-bond donors (Lipinski definition) is 2.